The van der Waals surface area contributed by atoms with Crippen LogP contribution in [0.3, 0.4) is 0 Å². The third-order valence-electron chi connectivity index (χ3n) is 9.75. The zero-order chi connectivity index (χ0) is 36.2. The molecule has 14 heteroatoms. The highest BCUT2D eigenvalue weighted by Crippen LogP contribution is 2.34. The molecule has 6 rings (SSSR count). The first-order valence-electron chi connectivity index (χ1n) is 17.2. The Labute approximate surface area is 296 Å². The number of aromatic amines is 2. The number of likely N-dealkylation sites (N-methyl/N-ethyl adjacent to an activating group) is 1. The highest BCUT2D eigenvalue weighted by Gasteiger charge is 2.37. The molecule has 0 unspecified atom stereocenters. The predicted octanol–water partition coefficient (Wildman–Crippen LogP) is 5.45. The topological polar surface area (TPSA) is 177 Å². The number of methoxy groups -OCH3 is 1. The molecule has 3 atom stereocenters. The van der Waals surface area contributed by atoms with Gasteiger partial charge < -0.3 is 39.8 Å². The van der Waals surface area contributed by atoms with Crippen molar-refractivity contribution in [3.63, 3.8) is 0 Å². The van der Waals surface area contributed by atoms with Gasteiger partial charge in [-0.15, -0.1) is 0 Å². The number of H-pyrrole nitrogens is 2. The van der Waals surface area contributed by atoms with Crippen LogP contribution in [0.5, 0.6) is 0 Å². The second-order valence-electron chi connectivity index (χ2n) is 13.4. The number of amides is 4. The van der Waals surface area contributed by atoms with Crippen LogP contribution in [0.15, 0.2) is 60.9 Å². The molecular formula is C37H44N8O6. The Kier molecular flexibility index (Phi) is 10.4. The smallest absolute Gasteiger partial charge is 0.407 e. The Bertz CT molecular complexity index is 1870. The van der Waals surface area contributed by atoms with Gasteiger partial charge in [0.15, 0.2) is 0 Å². The van der Waals surface area contributed by atoms with Gasteiger partial charge >= 0.3 is 12.2 Å². The van der Waals surface area contributed by atoms with Crippen molar-refractivity contribution in [2.45, 2.75) is 57.7 Å². The standard InChI is InChI=1S/C37H44N8O6/c1-22(2)32(42-36(48)51-4)35(47)45-18-6-8-30(45)34-39-20-28(41-34)26-15-11-24(12-16-26)23-9-13-25(14-10-23)27-19-38-33(40-27)29-7-5-17-44(29)31(46)21-43(3)37(49)50/h9-16,19-20,22,29-30,32H,5-8,17-18,21H2,1-4H3,(H,38,40)(H,39,41)(H,42,48)(H,49,50)/t29-,30-,32-/m0/s1. The first kappa shape index (κ1) is 35.2. The van der Waals surface area contributed by atoms with Crippen LogP contribution in [0.1, 0.15) is 63.3 Å². The number of alkyl carbamates (subject to hydrolysis) is 1. The second-order valence-corrected chi connectivity index (χ2v) is 13.4. The predicted molar refractivity (Wildman–Crippen MR) is 189 cm³/mol. The van der Waals surface area contributed by atoms with E-state index < -0.39 is 18.2 Å². The summed E-state index contributed by atoms with van der Waals surface area (Å²) in [4.78, 5) is 69.9. The zero-order valence-corrected chi connectivity index (χ0v) is 29.3. The van der Waals surface area contributed by atoms with Gasteiger partial charge in [0.1, 0.15) is 24.2 Å². The fraction of sp³-hybridized carbons (Fsp3) is 0.405. The molecule has 4 aromatic rings. The van der Waals surface area contributed by atoms with Gasteiger partial charge in [-0.3, -0.25) is 9.59 Å². The molecule has 51 heavy (non-hydrogen) atoms. The Morgan fingerprint density at radius 2 is 1.31 bits per heavy atom. The zero-order valence-electron chi connectivity index (χ0n) is 29.3. The summed E-state index contributed by atoms with van der Waals surface area (Å²) < 4.78 is 4.74. The van der Waals surface area contributed by atoms with Crippen LogP contribution in [0.4, 0.5) is 9.59 Å². The van der Waals surface area contributed by atoms with Crippen LogP contribution in [0.25, 0.3) is 33.6 Å². The normalized spacial score (nSPS) is 17.8. The lowest BCUT2D eigenvalue weighted by Gasteiger charge is -2.30. The summed E-state index contributed by atoms with van der Waals surface area (Å²) in [7, 11) is 2.67. The van der Waals surface area contributed by atoms with Gasteiger partial charge in [0.2, 0.25) is 11.8 Å². The van der Waals surface area contributed by atoms with E-state index in [-0.39, 0.29) is 36.4 Å². The van der Waals surface area contributed by atoms with Crippen LogP contribution in [-0.4, -0.2) is 104 Å². The molecule has 0 bridgehead atoms. The second kappa shape index (κ2) is 15.1. The summed E-state index contributed by atoms with van der Waals surface area (Å²) in [5.74, 6) is 0.928. The number of nitrogens with one attached hydrogen (secondary N) is 3. The number of hydrogen-bond donors (Lipinski definition) is 4. The largest absolute Gasteiger partial charge is 0.465 e. The number of carbonyl (C=O) groups excluding carboxylic acids is 3. The lowest BCUT2D eigenvalue weighted by atomic mass is 10.0. The molecule has 2 aromatic carbocycles. The van der Waals surface area contributed by atoms with Gasteiger partial charge in [0.05, 0.1) is 43.0 Å². The SMILES string of the molecule is COC(=O)N[C@H](C(=O)N1CCC[C@H]1c1ncc(-c2ccc(-c3ccc(-c4cnc([C@@H]5CCCN5C(=O)CN(C)C(=O)O)[nH]4)cc3)cc2)[nH]1)C(C)C. The number of likely N-dealkylation sites (tertiary alicyclic amines) is 2. The number of aromatic nitrogens is 4. The molecule has 268 valence electrons. The van der Waals surface area contributed by atoms with Crippen molar-refractivity contribution in [1.29, 1.82) is 0 Å². The summed E-state index contributed by atoms with van der Waals surface area (Å²) in [6.45, 7) is 4.76. The van der Waals surface area contributed by atoms with Gasteiger partial charge in [0, 0.05) is 20.1 Å². The van der Waals surface area contributed by atoms with E-state index in [1.54, 1.807) is 22.2 Å². The van der Waals surface area contributed by atoms with Crippen molar-refractivity contribution in [3.05, 3.63) is 72.6 Å². The first-order chi connectivity index (χ1) is 24.5. The molecule has 2 aliphatic rings. The highest BCUT2D eigenvalue weighted by molar-refractivity contribution is 5.86. The van der Waals surface area contributed by atoms with Gasteiger partial charge in [-0.25, -0.2) is 19.6 Å². The lowest BCUT2D eigenvalue weighted by molar-refractivity contribution is -0.135. The van der Waals surface area contributed by atoms with Gasteiger partial charge in [-0.1, -0.05) is 62.4 Å². The number of benzene rings is 2. The Morgan fingerprint density at radius 3 is 1.78 bits per heavy atom. The van der Waals surface area contributed by atoms with E-state index >= 15 is 0 Å². The molecule has 14 nitrogen and oxygen atoms in total. The van der Waals surface area contributed by atoms with Gasteiger partial charge in [0.25, 0.3) is 0 Å². The maximum absolute atomic E-state index is 13.5. The number of hydrogen-bond acceptors (Lipinski definition) is 7. The molecule has 2 aliphatic heterocycles. The third-order valence-corrected chi connectivity index (χ3v) is 9.75. The van der Waals surface area contributed by atoms with Gasteiger partial charge in [-0.2, -0.15) is 0 Å². The van der Waals surface area contributed by atoms with Gasteiger partial charge in [-0.05, 0) is 53.9 Å². The minimum absolute atomic E-state index is 0.105. The molecule has 0 radical (unpaired) electrons. The van der Waals surface area contributed by atoms with E-state index in [2.05, 4.69) is 49.5 Å². The molecule has 4 amide bonds. The Hall–Kier alpha value is -5.66. The van der Waals surface area contributed by atoms with Crippen molar-refractivity contribution < 1.29 is 29.0 Å². The van der Waals surface area contributed by atoms with Crippen LogP contribution in [-0.2, 0) is 14.3 Å². The maximum atomic E-state index is 13.5. The van der Waals surface area contributed by atoms with E-state index in [0.29, 0.717) is 18.9 Å². The average Bonchev–Trinajstić information content (AvgIpc) is 3.96. The molecule has 4 heterocycles. The van der Waals surface area contributed by atoms with Crippen LogP contribution in [0.2, 0.25) is 0 Å². The molecular weight excluding hydrogens is 652 g/mol. The number of carboxylic acid groups (broad SMARTS) is 1. The number of imidazole rings is 2. The fourth-order valence-corrected chi connectivity index (χ4v) is 6.89. The number of rotatable bonds is 10. The number of nitrogens with zero attached hydrogens (tertiary/aromatic N) is 5. The van der Waals surface area contributed by atoms with Crippen molar-refractivity contribution in [1.82, 2.24) is 40.0 Å². The van der Waals surface area contributed by atoms with E-state index in [1.807, 2.05) is 38.1 Å². The third kappa shape index (κ3) is 7.59. The van der Waals surface area contributed by atoms with Crippen LogP contribution >= 0.6 is 0 Å². The molecule has 0 spiro atoms. The van der Waals surface area contributed by atoms with Crippen LogP contribution < -0.4 is 5.32 Å². The monoisotopic (exact) mass is 696 g/mol. The van der Waals surface area contributed by atoms with Crippen molar-refractivity contribution in [2.24, 2.45) is 5.92 Å². The Morgan fingerprint density at radius 1 is 0.843 bits per heavy atom. The van der Waals surface area contributed by atoms with E-state index in [9.17, 15) is 19.2 Å². The van der Waals surface area contributed by atoms with Crippen molar-refractivity contribution >= 4 is 24.0 Å². The average molecular weight is 697 g/mol. The fourth-order valence-electron chi connectivity index (χ4n) is 6.89. The highest BCUT2D eigenvalue weighted by atomic mass is 16.5. The molecule has 0 aliphatic carbocycles. The minimum atomic E-state index is -1.14. The molecule has 2 aromatic heterocycles. The summed E-state index contributed by atoms with van der Waals surface area (Å²) in [6.07, 6.45) is 5.01. The quantitative estimate of drug-likeness (QED) is 0.169. The first-order valence-corrected chi connectivity index (χ1v) is 17.2. The van der Waals surface area contributed by atoms with E-state index in [1.165, 1.54) is 14.2 Å². The molecule has 0 saturated carbocycles. The van der Waals surface area contributed by atoms with E-state index in [0.717, 1.165) is 70.0 Å². The lowest BCUT2D eigenvalue weighted by Crippen LogP contribution is -2.51. The van der Waals surface area contributed by atoms with Crippen LogP contribution in [0, 0.1) is 5.92 Å². The van der Waals surface area contributed by atoms with Crippen molar-refractivity contribution in [2.75, 3.05) is 33.8 Å². The van der Waals surface area contributed by atoms with E-state index in [4.69, 9.17) is 9.84 Å². The molecule has 2 saturated heterocycles. The number of ether oxygens (including phenoxy) is 1. The summed E-state index contributed by atoms with van der Waals surface area (Å²) >= 11 is 0. The summed E-state index contributed by atoms with van der Waals surface area (Å²) in [5.41, 5.74) is 5.71. The maximum Gasteiger partial charge on any atom is 0.407 e. The molecule has 4 N–H and O–H groups in total. The minimum Gasteiger partial charge on any atom is -0.465 e. The van der Waals surface area contributed by atoms with Crippen molar-refractivity contribution in [3.8, 4) is 33.6 Å². The number of carbonyl (C=O) groups is 4. The summed E-state index contributed by atoms with van der Waals surface area (Å²) in [5, 5.41) is 11.8. The Balaban J connectivity index is 1.10. The molecule has 2 fully saturated rings. The summed E-state index contributed by atoms with van der Waals surface area (Å²) in [6, 6.07) is 15.2.